The molecule has 0 aliphatic heterocycles. The highest BCUT2D eigenvalue weighted by Crippen LogP contribution is 2.16. The summed E-state index contributed by atoms with van der Waals surface area (Å²) in [5.74, 6) is -0.473. The summed E-state index contributed by atoms with van der Waals surface area (Å²) in [6.07, 6.45) is 5.57. The van der Waals surface area contributed by atoms with Gasteiger partial charge in [-0.3, -0.25) is 4.79 Å². The fourth-order valence-corrected chi connectivity index (χ4v) is 2.69. The van der Waals surface area contributed by atoms with Crippen LogP contribution in [0.2, 0.25) is 0 Å². The van der Waals surface area contributed by atoms with Gasteiger partial charge in [0.2, 0.25) is 5.91 Å². The van der Waals surface area contributed by atoms with E-state index in [1.165, 1.54) is 0 Å². The molecule has 4 aromatic rings. The van der Waals surface area contributed by atoms with E-state index >= 15 is 0 Å². The van der Waals surface area contributed by atoms with Crippen LogP contribution >= 0.6 is 0 Å². The van der Waals surface area contributed by atoms with Gasteiger partial charge in [-0.15, -0.1) is 5.10 Å². The summed E-state index contributed by atoms with van der Waals surface area (Å²) >= 11 is 0. The fraction of sp³-hybridized carbons (Fsp3) is 0.0526. The van der Waals surface area contributed by atoms with Crippen LogP contribution in [0, 0.1) is 0 Å². The van der Waals surface area contributed by atoms with Crippen molar-refractivity contribution in [2.75, 3.05) is 0 Å². The summed E-state index contributed by atoms with van der Waals surface area (Å²) in [6, 6.07) is 17.0. The number of hydrogen-bond acceptors (Lipinski definition) is 4. The van der Waals surface area contributed by atoms with Gasteiger partial charge in [0.15, 0.2) is 0 Å². The summed E-state index contributed by atoms with van der Waals surface area (Å²) in [5.41, 5.74) is 9.25. The molecular weight excluding hydrogens is 328 g/mol. The molecule has 1 amide bonds. The first kappa shape index (κ1) is 15.8. The van der Waals surface area contributed by atoms with E-state index in [1.807, 2.05) is 53.4 Å². The van der Waals surface area contributed by atoms with Crippen molar-refractivity contribution in [1.29, 1.82) is 0 Å². The molecular formula is C19H16N6O. The van der Waals surface area contributed by atoms with E-state index in [1.54, 1.807) is 29.2 Å². The predicted molar refractivity (Wildman–Crippen MR) is 96.6 cm³/mol. The number of nitrogens with two attached hydrogens (primary N) is 1. The maximum atomic E-state index is 11.3. The van der Waals surface area contributed by atoms with Crippen LogP contribution in [-0.2, 0) is 6.54 Å². The first-order chi connectivity index (χ1) is 12.7. The molecule has 0 aliphatic carbocycles. The zero-order chi connectivity index (χ0) is 17.9. The largest absolute Gasteiger partial charge is 0.366 e. The molecule has 0 fully saturated rings. The SMILES string of the molecule is NC(=O)c1cccc(-n2cc(Cn3cnc(-c4ccccc4)c3)nn2)c1. The Morgan fingerprint density at radius 1 is 1.04 bits per heavy atom. The van der Waals surface area contributed by atoms with Gasteiger partial charge in [0.05, 0.1) is 30.5 Å². The average molecular weight is 344 g/mol. The third-order valence-corrected chi connectivity index (χ3v) is 3.98. The summed E-state index contributed by atoms with van der Waals surface area (Å²) in [4.78, 5) is 15.8. The van der Waals surface area contributed by atoms with Gasteiger partial charge in [-0.25, -0.2) is 9.67 Å². The third kappa shape index (κ3) is 3.23. The van der Waals surface area contributed by atoms with Crippen molar-refractivity contribution in [2.24, 2.45) is 5.73 Å². The van der Waals surface area contributed by atoms with Gasteiger partial charge < -0.3 is 10.3 Å². The van der Waals surface area contributed by atoms with E-state index in [0.29, 0.717) is 12.1 Å². The van der Waals surface area contributed by atoms with Crippen molar-refractivity contribution in [3.8, 4) is 16.9 Å². The van der Waals surface area contributed by atoms with Gasteiger partial charge >= 0.3 is 0 Å². The first-order valence-corrected chi connectivity index (χ1v) is 8.08. The van der Waals surface area contributed by atoms with Crippen molar-refractivity contribution in [3.63, 3.8) is 0 Å². The second-order valence-electron chi connectivity index (χ2n) is 5.87. The van der Waals surface area contributed by atoms with Gasteiger partial charge in [-0.1, -0.05) is 41.6 Å². The Bertz CT molecular complexity index is 1050. The number of amides is 1. The number of nitrogens with zero attached hydrogens (tertiary/aromatic N) is 5. The number of carbonyl (C=O) groups is 1. The Morgan fingerprint density at radius 2 is 1.88 bits per heavy atom. The standard InChI is InChI=1S/C19H16N6O/c20-19(26)15-7-4-8-17(9-15)25-11-16(22-23-25)10-24-12-18(21-13-24)14-5-2-1-3-6-14/h1-9,11-13H,10H2,(H2,20,26). The first-order valence-electron chi connectivity index (χ1n) is 8.08. The Hall–Kier alpha value is -3.74. The molecule has 2 aromatic heterocycles. The summed E-state index contributed by atoms with van der Waals surface area (Å²) < 4.78 is 3.58. The van der Waals surface area contributed by atoms with Gasteiger partial charge in [-0.05, 0) is 18.2 Å². The molecule has 2 aromatic carbocycles. The molecule has 7 heteroatoms. The average Bonchev–Trinajstić information content (AvgIpc) is 3.33. The Balaban J connectivity index is 1.53. The number of imidazole rings is 1. The number of benzene rings is 2. The van der Waals surface area contributed by atoms with Crippen LogP contribution in [0.4, 0.5) is 0 Å². The van der Waals surface area contributed by atoms with E-state index in [-0.39, 0.29) is 0 Å². The zero-order valence-electron chi connectivity index (χ0n) is 13.9. The van der Waals surface area contributed by atoms with Crippen LogP contribution < -0.4 is 5.73 Å². The second kappa shape index (κ2) is 6.64. The van der Waals surface area contributed by atoms with Crippen LogP contribution in [0.15, 0.2) is 73.3 Å². The number of hydrogen-bond donors (Lipinski definition) is 1. The fourth-order valence-electron chi connectivity index (χ4n) is 2.69. The van der Waals surface area contributed by atoms with E-state index in [4.69, 9.17) is 5.73 Å². The minimum Gasteiger partial charge on any atom is -0.366 e. The van der Waals surface area contributed by atoms with Crippen LogP contribution in [0.3, 0.4) is 0 Å². The van der Waals surface area contributed by atoms with Crippen molar-refractivity contribution >= 4 is 5.91 Å². The smallest absolute Gasteiger partial charge is 0.248 e. The van der Waals surface area contributed by atoms with E-state index in [9.17, 15) is 4.79 Å². The number of carbonyl (C=O) groups excluding carboxylic acids is 1. The van der Waals surface area contributed by atoms with Crippen molar-refractivity contribution in [3.05, 3.63) is 84.6 Å². The normalized spacial score (nSPS) is 10.8. The third-order valence-electron chi connectivity index (χ3n) is 3.98. The topological polar surface area (TPSA) is 91.6 Å². The molecule has 0 radical (unpaired) electrons. The quantitative estimate of drug-likeness (QED) is 0.601. The molecule has 7 nitrogen and oxygen atoms in total. The Morgan fingerprint density at radius 3 is 2.69 bits per heavy atom. The number of rotatable bonds is 5. The van der Waals surface area contributed by atoms with Gasteiger partial charge in [0.1, 0.15) is 5.69 Å². The highest BCUT2D eigenvalue weighted by Gasteiger charge is 2.08. The zero-order valence-corrected chi connectivity index (χ0v) is 13.9. The van der Waals surface area contributed by atoms with Crippen LogP contribution in [0.1, 0.15) is 16.1 Å². The number of aromatic nitrogens is 5. The maximum Gasteiger partial charge on any atom is 0.248 e. The summed E-state index contributed by atoms with van der Waals surface area (Å²) in [5, 5.41) is 8.32. The molecule has 0 atom stereocenters. The highest BCUT2D eigenvalue weighted by molar-refractivity contribution is 5.93. The molecule has 4 rings (SSSR count). The molecule has 0 spiro atoms. The van der Waals surface area contributed by atoms with E-state index in [0.717, 1.165) is 22.6 Å². The van der Waals surface area contributed by atoms with E-state index < -0.39 is 5.91 Å². The van der Waals surface area contributed by atoms with E-state index in [2.05, 4.69) is 15.3 Å². The molecule has 0 bridgehead atoms. The van der Waals surface area contributed by atoms with Gasteiger partial charge in [0, 0.05) is 17.3 Å². The highest BCUT2D eigenvalue weighted by atomic mass is 16.1. The molecule has 0 saturated heterocycles. The van der Waals surface area contributed by atoms with Crippen LogP contribution in [-0.4, -0.2) is 30.5 Å². The lowest BCUT2D eigenvalue weighted by molar-refractivity contribution is 0.1000. The molecule has 0 saturated carbocycles. The lowest BCUT2D eigenvalue weighted by atomic mass is 10.2. The molecule has 128 valence electrons. The molecule has 2 heterocycles. The van der Waals surface area contributed by atoms with Gasteiger partial charge in [-0.2, -0.15) is 0 Å². The molecule has 0 unspecified atom stereocenters. The van der Waals surface area contributed by atoms with Gasteiger partial charge in [0.25, 0.3) is 0 Å². The Kier molecular flexibility index (Phi) is 4.03. The number of primary amides is 1. The maximum absolute atomic E-state index is 11.3. The molecule has 26 heavy (non-hydrogen) atoms. The lowest BCUT2D eigenvalue weighted by Gasteiger charge is -2.01. The minimum atomic E-state index is -0.473. The van der Waals surface area contributed by atoms with Crippen molar-refractivity contribution in [2.45, 2.75) is 6.54 Å². The molecule has 0 aliphatic rings. The van der Waals surface area contributed by atoms with Crippen molar-refractivity contribution in [1.82, 2.24) is 24.5 Å². The second-order valence-corrected chi connectivity index (χ2v) is 5.87. The summed E-state index contributed by atoms with van der Waals surface area (Å²) in [7, 11) is 0. The Labute approximate surface area is 149 Å². The molecule has 2 N–H and O–H groups in total. The predicted octanol–water partition coefficient (Wildman–Crippen LogP) is 2.28. The lowest BCUT2D eigenvalue weighted by Crippen LogP contribution is -2.11. The summed E-state index contributed by atoms with van der Waals surface area (Å²) in [6.45, 7) is 0.551. The van der Waals surface area contributed by atoms with Crippen LogP contribution in [0.25, 0.3) is 16.9 Å². The van der Waals surface area contributed by atoms with Crippen LogP contribution in [0.5, 0.6) is 0 Å². The van der Waals surface area contributed by atoms with Crippen molar-refractivity contribution < 1.29 is 4.79 Å². The monoisotopic (exact) mass is 344 g/mol. The minimum absolute atomic E-state index is 0.432.